The molecule has 0 saturated heterocycles. The van der Waals surface area contributed by atoms with E-state index in [1.165, 1.54) is 30.9 Å². The molecule has 2 aromatic rings. The molecule has 0 fully saturated rings. The number of nitrogens with one attached hydrogen (secondary N) is 1. The van der Waals surface area contributed by atoms with Crippen LogP contribution < -0.4 is 5.32 Å². The minimum Gasteiger partial charge on any atom is -0.465 e. The number of hydrogen-bond acceptors (Lipinski definition) is 4. The van der Waals surface area contributed by atoms with Gasteiger partial charge in [0, 0.05) is 26.2 Å². The Bertz CT molecular complexity index is 1020. The van der Waals surface area contributed by atoms with E-state index in [1.807, 2.05) is 5.32 Å². The van der Waals surface area contributed by atoms with E-state index in [0.29, 0.717) is 16.8 Å². The van der Waals surface area contributed by atoms with Gasteiger partial charge in [0.2, 0.25) is 10.0 Å². The van der Waals surface area contributed by atoms with Crippen molar-refractivity contribution in [3.05, 3.63) is 47.0 Å². The summed E-state index contributed by atoms with van der Waals surface area (Å²) in [4.78, 5) is 10.5. The van der Waals surface area contributed by atoms with Gasteiger partial charge < -0.3 is 10.4 Å². The zero-order valence-corrected chi connectivity index (χ0v) is 17.1. The van der Waals surface area contributed by atoms with E-state index in [0.717, 1.165) is 10.4 Å². The summed E-state index contributed by atoms with van der Waals surface area (Å²) in [5, 5.41) is 14.9. The lowest BCUT2D eigenvalue weighted by Crippen LogP contribution is -2.22. The minimum atomic E-state index is -3.62. The molecule has 1 aromatic heterocycles. The van der Waals surface area contributed by atoms with Crippen LogP contribution in [0.15, 0.2) is 41.1 Å². The number of aryl methyl sites for hydroxylation is 1. The van der Waals surface area contributed by atoms with Crippen molar-refractivity contribution in [2.45, 2.75) is 18.4 Å². The second-order valence-corrected chi connectivity index (χ2v) is 8.57. The topological polar surface area (TPSA) is 105 Å². The number of carbonyl (C=O) groups is 1. The van der Waals surface area contributed by atoms with Gasteiger partial charge in [0.15, 0.2) is 0 Å². The van der Waals surface area contributed by atoms with Gasteiger partial charge in [0.1, 0.15) is 11.0 Å². The Labute approximate surface area is 167 Å². The summed E-state index contributed by atoms with van der Waals surface area (Å²) in [5.74, 6) is -0.617. The van der Waals surface area contributed by atoms with Gasteiger partial charge >= 0.3 is 6.09 Å². The Kier molecular flexibility index (Phi) is 6.81. The van der Waals surface area contributed by atoms with E-state index in [1.54, 1.807) is 19.1 Å². The Morgan fingerprint density at radius 3 is 2.71 bits per heavy atom. The van der Waals surface area contributed by atoms with E-state index in [9.17, 15) is 17.6 Å². The Hall–Kier alpha value is -2.43. The molecule has 8 nitrogen and oxygen atoms in total. The fourth-order valence-corrected chi connectivity index (χ4v) is 3.76. The molecule has 2 rings (SSSR count). The molecule has 1 amide bonds. The third kappa shape index (κ3) is 4.89. The zero-order chi connectivity index (χ0) is 21.1. The molecule has 0 aliphatic carbocycles. The van der Waals surface area contributed by atoms with Gasteiger partial charge in [-0.2, -0.15) is 5.10 Å². The number of carboxylic acid groups (broad SMARTS) is 1. The first-order chi connectivity index (χ1) is 13.0. The number of benzene rings is 1. The van der Waals surface area contributed by atoms with Crippen LogP contribution in [0.2, 0.25) is 5.15 Å². The summed E-state index contributed by atoms with van der Waals surface area (Å²) in [6.45, 7) is 1.21. The molecule has 0 spiro atoms. The number of halogens is 2. The van der Waals surface area contributed by atoms with E-state index < -0.39 is 21.9 Å². The summed E-state index contributed by atoms with van der Waals surface area (Å²) in [6.07, 6.45) is -0.183. The van der Waals surface area contributed by atoms with Crippen molar-refractivity contribution in [3.8, 4) is 11.1 Å². The third-order valence-corrected chi connectivity index (χ3v) is 6.04. The zero-order valence-electron chi connectivity index (χ0n) is 15.5. The van der Waals surface area contributed by atoms with Gasteiger partial charge in [-0.15, -0.1) is 0 Å². The third-order valence-electron chi connectivity index (χ3n) is 3.84. The van der Waals surface area contributed by atoms with Crippen molar-refractivity contribution in [3.63, 3.8) is 0 Å². The van der Waals surface area contributed by atoms with Crippen molar-refractivity contribution >= 4 is 27.7 Å². The minimum absolute atomic E-state index is 0.101. The van der Waals surface area contributed by atoms with Crippen molar-refractivity contribution < 1.29 is 22.7 Å². The first-order valence-corrected chi connectivity index (χ1v) is 9.93. The first kappa shape index (κ1) is 21.9. The number of rotatable bonds is 7. The summed E-state index contributed by atoms with van der Waals surface area (Å²) in [7, 11) is -0.749. The van der Waals surface area contributed by atoms with Gasteiger partial charge in [0.05, 0.1) is 17.1 Å². The highest BCUT2D eigenvalue weighted by Crippen LogP contribution is 2.33. The molecule has 0 atom stereocenters. The standard InChI is InChI=1S/C17H20ClFN4O4S/c1-11-15(12-5-4-6-14(9-12)28(26,27)22(2)3)16(18)23(21-11)10-13(19)7-8-20-17(24)25/h4-7,9,20H,8,10H2,1-3H3,(H,24,25)/b13-7-. The van der Waals surface area contributed by atoms with Gasteiger partial charge in [-0.3, -0.25) is 0 Å². The highest BCUT2D eigenvalue weighted by atomic mass is 35.5. The largest absolute Gasteiger partial charge is 0.465 e. The molecule has 1 heterocycles. The fourth-order valence-electron chi connectivity index (χ4n) is 2.47. The molecule has 28 heavy (non-hydrogen) atoms. The van der Waals surface area contributed by atoms with Crippen LogP contribution in [-0.4, -0.2) is 54.3 Å². The van der Waals surface area contributed by atoms with Crippen LogP contribution in [0, 0.1) is 6.92 Å². The second kappa shape index (κ2) is 8.72. The normalized spacial score (nSPS) is 12.4. The lowest BCUT2D eigenvalue weighted by Gasteiger charge is -2.12. The molecule has 152 valence electrons. The van der Waals surface area contributed by atoms with Crippen molar-refractivity contribution in [2.24, 2.45) is 0 Å². The maximum absolute atomic E-state index is 14.0. The Morgan fingerprint density at radius 1 is 1.43 bits per heavy atom. The predicted molar refractivity (Wildman–Crippen MR) is 104 cm³/mol. The number of aromatic nitrogens is 2. The SMILES string of the molecule is Cc1nn(C/C(F)=C/CNC(=O)O)c(Cl)c1-c1cccc(S(=O)(=O)N(C)C)c1. The molecule has 1 aromatic carbocycles. The maximum Gasteiger partial charge on any atom is 0.404 e. The maximum atomic E-state index is 14.0. The lowest BCUT2D eigenvalue weighted by atomic mass is 10.1. The average molecular weight is 431 g/mol. The molecule has 11 heteroatoms. The van der Waals surface area contributed by atoms with Gasteiger partial charge in [-0.05, 0) is 30.7 Å². The monoisotopic (exact) mass is 430 g/mol. The molecule has 0 radical (unpaired) electrons. The Balaban J connectivity index is 2.36. The molecule has 0 aliphatic heterocycles. The number of hydrogen-bond donors (Lipinski definition) is 2. The number of amides is 1. The van der Waals surface area contributed by atoms with Gasteiger partial charge in [-0.1, -0.05) is 23.7 Å². The van der Waals surface area contributed by atoms with E-state index in [4.69, 9.17) is 16.7 Å². The van der Waals surface area contributed by atoms with Crippen LogP contribution in [0.1, 0.15) is 5.69 Å². The molecule has 0 unspecified atom stereocenters. The van der Waals surface area contributed by atoms with Crippen LogP contribution in [0.4, 0.5) is 9.18 Å². The van der Waals surface area contributed by atoms with Crippen molar-refractivity contribution in [2.75, 3.05) is 20.6 Å². The number of nitrogens with zero attached hydrogens (tertiary/aromatic N) is 3. The second-order valence-electron chi connectivity index (χ2n) is 6.06. The van der Waals surface area contributed by atoms with Crippen molar-refractivity contribution in [1.29, 1.82) is 0 Å². The summed E-state index contributed by atoms with van der Waals surface area (Å²) in [5.41, 5.74) is 1.53. The van der Waals surface area contributed by atoms with Crippen LogP contribution >= 0.6 is 11.6 Å². The lowest BCUT2D eigenvalue weighted by molar-refractivity contribution is 0.195. The van der Waals surface area contributed by atoms with E-state index in [2.05, 4.69) is 5.10 Å². The highest BCUT2D eigenvalue weighted by molar-refractivity contribution is 7.89. The van der Waals surface area contributed by atoms with Crippen LogP contribution in [0.5, 0.6) is 0 Å². The summed E-state index contributed by atoms with van der Waals surface area (Å²) in [6, 6.07) is 6.25. The van der Waals surface area contributed by atoms with Gasteiger partial charge in [-0.25, -0.2) is 26.6 Å². The fraction of sp³-hybridized carbons (Fsp3) is 0.294. The van der Waals surface area contributed by atoms with Crippen LogP contribution in [-0.2, 0) is 16.6 Å². The molecule has 2 N–H and O–H groups in total. The predicted octanol–water partition coefficient (Wildman–Crippen LogP) is 2.88. The molecular weight excluding hydrogens is 411 g/mol. The molecule has 0 aliphatic rings. The van der Waals surface area contributed by atoms with Crippen LogP contribution in [0.25, 0.3) is 11.1 Å². The van der Waals surface area contributed by atoms with E-state index >= 15 is 0 Å². The van der Waals surface area contributed by atoms with E-state index in [-0.39, 0.29) is 23.1 Å². The number of sulfonamides is 1. The van der Waals surface area contributed by atoms with Crippen molar-refractivity contribution in [1.82, 2.24) is 19.4 Å². The summed E-state index contributed by atoms with van der Waals surface area (Å²) < 4.78 is 41.0. The smallest absolute Gasteiger partial charge is 0.404 e. The highest BCUT2D eigenvalue weighted by Gasteiger charge is 2.21. The molecule has 0 bridgehead atoms. The number of allylic oxidation sites excluding steroid dienone is 1. The Morgan fingerprint density at radius 2 is 2.11 bits per heavy atom. The quantitative estimate of drug-likeness (QED) is 0.702. The van der Waals surface area contributed by atoms with Gasteiger partial charge in [0.25, 0.3) is 0 Å². The molecule has 0 saturated carbocycles. The van der Waals surface area contributed by atoms with Crippen LogP contribution in [0.3, 0.4) is 0 Å². The average Bonchev–Trinajstić information content (AvgIpc) is 2.88. The molecular formula is C17H20ClFN4O4S. The summed E-state index contributed by atoms with van der Waals surface area (Å²) >= 11 is 6.36. The first-order valence-electron chi connectivity index (χ1n) is 8.11.